The van der Waals surface area contributed by atoms with Crippen LogP contribution in [0, 0.1) is 11.8 Å². The van der Waals surface area contributed by atoms with E-state index in [-0.39, 0.29) is 29.0 Å². The molecule has 0 bridgehead atoms. The SMILES string of the molecule is COc1ccc(-c2cc(C(F)(F)F)n3nc(C(=O)N4CC[C@H](C)[C@H]5CCCC[C@@H]54)cc3n2)cc1OC. The number of amides is 1. The third-order valence-electron chi connectivity index (χ3n) is 7.62. The van der Waals surface area contributed by atoms with E-state index in [9.17, 15) is 18.0 Å². The lowest BCUT2D eigenvalue weighted by Gasteiger charge is -2.47. The number of carbonyl (C=O) groups is 1. The topological polar surface area (TPSA) is 69.0 Å². The van der Waals surface area contributed by atoms with E-state index in [2.05, 4.69) is 17.0 Å². The molecule has 2 aromatic heterocycles. The lowest BCUT2D eigenvalue weighted by Crippen LogP contribution is -2.52. The van der Waals surface area contributed by atoms with Crippen molar-refractivity contribution in [3.63, 3.8) is 0 Å². The number of ether oxygens (including phenoxy) is 2. The highest BCUT2D eigenvalue weighted by atomic mass is 19.4. The van der Waals surface area contributed by atoms with Gasteiger partial charge in [-0.3, -0.25) is 4.79 Å². The molecule has 1 saturated heterocycles. The van der Waals surface area contributed by atoms with Gasteiger partial charge in [0.05, 0.1) is 19.9 Å². The first kappa shape index (κ1) is 24.4. The third kappa shape index (κ3) is 4.26. The highest BCUT2D eigenvalue weighted by molar-refractivity contribution is 5.93. The molecule has 5 rings (SSSR count). The Morgan fingerprint density at radius 2 is 1.78 bits per heavy atom. The van der Waals surface area contributed by atoms with E-state index in [1.54, 1.807) is 18.2 Å². The van der Waals surface area contributed by atoms with Gasteiger partial charge in [-0.25, -0.2) is 9.50 Å². The average Bonchev–Trinajstić information content (AvgIpc) is 3.31. The molecule has 36 heavy (non-hydrogen) atoms. The summed E-state index contributed by atoms with van der Waals surface area (Å²) in [6.45, 7) is 2.82. The molecule has 10 heteroatoms. The standard InChI is InChI=1S/C26H29F3N4O3/c1-15-10-11-32(20-7-5-4-6-17(15)20)25(34)19-14-24-30-18(13-23(26(27,28)29)33(24)31-19)16-8-9-21(35-2)22(12-16)36-3/h8-9,12-15,17,20H,4-7,10-11H2,1-3H3/t15-,17+,20-/m0/s1. The molecule has 0 spiro atoms. The molecule has 0 radical (unpaired) electrons. The normalized spacial score (nSPS) is 22.4. The number of hydrogen-bond donors (Lipinski definition) is 0. The first-order valence-electron chi connectivity index (χ1n) is 12.2. The molecular weight excluding hydrogens is 473 g/mol. The zero-order valence-corrected chi connectivity index (χ0v) is 20.5. The van der Waals surface area contributed by atoms with Crippen molar-refractivity contribution in [2.75, 3.05) is 20.8 Å². The number of benzene rings is 1. The Balaban J connectivity index is 1.56. The number of likely N-dealkylation sites (tertiary alicyclic amines) is 1. The fraction of sp³-hybridized carbons (Fsp3) is 0.500. The second kappa shape index (κ2) is 9.29. The van der Waals surface area contributed by atoms with Gasteiger partial charge in [0.15, 0.2) is 28.5 Å². The van der Waals surface area contributed by atoms with E-state index in [1.165, 1.54) is 20.3 Å². The van der Waals surface area contributed by atoms with Gasteiger partial charge in [-0.15, -0.1) is 0 Å². The molecule has 2 fully saturated rings. The quantitative estimate of drug-likeness (QED) is 0.473. The van der Waals surface area contributed by atoms with Crippen molar-refractivity contribution in [1.29, 1.82) is 0 Å². The highest BCUT2D eigenvalue weighted by Crippen LogP contribution is 2.40. The number of piperidine rings is 1. The number of aromatic nitrogens is 3. The Morgan fingerprint density at radius 1 is 1.03 bits per heavy atom. The van der Waals surface area contributed by atoms with Crippen LogP contribution in [-0.4, -0.2) is 52.2 Å². The number of nitrogens with zero attached hydrogens (tertiary/aromatic N) is 4. The molecule has 1 aliphatic carbocycles. The van der Waals surface area contributed by atoms with Crippen LogP contribution in [0.4, 0.5) is 13.2 Å². The van der Waals surface area contributed by atoms with E-state index in [0.717, 1.165) is 42.7 Å². The summed E-state index contributed by atoms with van der Waals surface area (Å²) < 4.78 is 53.5. The summed E-state index contributed by atoms with van der Waals surface area (Å²) in [5.41, 5.74) is -0.544. The molecule has 3 heterocycles. The number of rotatable bonds is 4. The van der Waals surface area contributed by atoms with Crippen molar-refractivity contribution in [2.24, 2.45) is 11.8 Å². The maximum absolute atomic E-state index is 14.1. The fourth-order valence-corrected chi connectivity index (χ4v) is 5.74. The molecule has 7 nitrogen and oxygen atoms in total. The Kier molecular flexibility index (Phi) is 6.30. The number of hydrogen-bond acceptors (Lipinski definition) is 5. The van der Waals surface area contributed by atoms with Crippen LogP contribution in [-0.2, 0) is 6.18 Å². The summed E-state index contributed by atoms with van der Waals surface area (Å²) in [5.74, 6) is 1.45. The van der Waals surface area contributed by atoms with Gasteiger partial charge in [0, 0.05) is 24.2 Å². The second-order valence-corrected chi connectivity index (χ2v) is 9.67. The van der Waals surface area contributed by atoms with Crippen LogP contribution in [0.15, 0.2) is 30.3 Å². The van der Waals surface area contributed by atoms with E-state index in [0.29, 0.717) is 35.4 Å². The van der Waals surface area contributed by atoms with Gasteiger partial charge in [0.1, 0.15) is 0 Å². The first-order chi connectivity index (χ1) is 17.2. The van der Waals surface area contributed by atoms with Crippen molar-refractivity contribution < 1.29 is 27.4 Å². The van der Waals surface area contributed by atoms with Gasteiger partial charge in [0.2, 0.25) is 0 Å². The molecule has 0 unspecified atom stereocenters. The van der Waals surface area contributed by atoms with Gasteiger partial charge in [-0.1, -0.05) is 19.8 Å². The van der Waals surface area contributed by atoms with Gasteiger partial charge in [-0.2, -0.15) is 18.3 Å². The van der Waals surface area contributed by atoms with Crippen molar-refractivity contribution >= 4 is 11.6 Å². The number of carbonyl (C=O) groups excluding carboxylic acids is 1. The van der Waals surface area contributed by atoms with Crippen LogP contribution in [0.1, 0.15) is 55.2 Å². The van der Waals surface area contributed by atoms with Crippen LogP contribution in [0.3, 0.4) is 0 Å². The molecule has 3 atom stereocenters. The van der Waals surface area contributed by atoms with Crippen LogP contribution in [0.5, 0.6) is 11.5 Å². The zero-order valence-electron chi connectivity index (χ0n) is 20.5. The average molecular weight is 503 g/mol. The Hall–Kier alpha value is -3.30. The minimum Gasteiger partial charge on any atom is -0.493 e. The van der Waals surface area contributed by atoms with Crippen LogP contribution in [0.2, 0.25) is 0 Å². The van der Waals surface area contributed by atoms with Gasteiger partial charge < -0.3 is 14.4 Å². The van der Waals surface area contributed by atoms with E-state index in [1.807, 2.05) is 4.90 Å². The molecule has 1 saturated carbocycles. The molecule has 1 aromatic carbocycles. The Morgan fingerprint density at radius 3 is 2.50 bits per heavy atom. The van der Waals surface area contributed by atoms with Gasteiger partial charge >= 0.3 is 6.18 Å². The van der Waals surface area contributed by atoms with Gasteiger partial charge in [0.25, 0.3) is 5.91 Å². The van der Waals surface area contributed by atoms with E-state index >= 15 is 0 Å². The van der Waals surface area contributed by atoms with Crippen LogP contribution >= 0.6 is 0 Å². The predicted octanol–water partition coefficient (Wildman–Crippen LogP) is 5.47. The molecule has 0 N–H and O–H groups in total. The largest absolute Gasteiger partial charge is 0.493 e. The van der Waals surface area contributed by atoms with Gasteiger partial charge in [-0.05, 0) is 55.4 Å². The third-order valence-corrected chi connectivity index (χ3v) is 7.62. The van der Waals surface area contributed by atoms with Crippen molar-refractivity contribution in [1.82, 2.24) is 19.5 Å². The summed E-state index contributed by atoms with van der Waals surface area (Å²) in [4.78, 5) is 19.8. The second-order valence-electron chi connectivity index (χ2n) is 9.67. The van der Waals surface area contributed by atoms with E-state index < -0.39 is 11.9 Å². The summed E-state index contributed by atoms with van der Waals surface area (Å²) in [5, 5.41) is 4.11. The maximum Gasteiger partial charge on any atom is 0.433 e. The zero-order chi connectivity index (χ0) is 25.6. The molecular formula is C26H29F3N4O3. The summed E-state index contributed by atoms with van der Waals surface area (Å²) >= 11 is 0. The van der Waals surface area contributed by atoms with Crippen LogP contribution in [0.25, 0.3) is 16.9 Å². The summed E-state index contributed by atoms with van der Waals surface area (Å²) in [6, 6.07) is 7.19. The Bertz CT molecular complexity index is 1290. The smallest absolute Gasteiger partial charge is 0.433 e. The molecule has 2 aliphatic rings. The monoisotopic (exact) mass is 502 g/mol. The Labute approximate surface area is 207 Å². The highest BCUT2D eigenvalue weighted by Gasteiger charge is 2.41. The van der Waals surface area contributed by atoms with Crippen molar-refractivity contribution in [3.05, 3.63) is 41.7 Å². The minimum absolute atomic E-state index is 0.0173. The number of methoxy groups -OCH3 is 2. The van der Waals surface area contributed by atoms with Crippen molar-refractivity contribution in [2.45, 2.75) is 51.2 Å². The van der Waals surface area contributed by atoms with Crippen LogP contribution < -0.4 is 9.47 Å². The van der Waals surface area contributed by atoms with Crippen molar-refractivity contribution in [3.8, 4) is 22.8 Å². The molecule has 192 valence electrons. The van der Waals surface area contributed by atoms with E-state index in [4.69, 9.17) is 9.47 Å². The lowest BCUT2D eigenvalue weighted by atomic mass is 9.72. The number of alkyl halides is 3. The fourth-order valence-electron chi connectivity index (χ4n) is 5.74. The maximum atomic E-state index is 14.1. The summed E-state index contributed by atoms with van der Waals surface area (Å²) in [6.07, 6.45) is 0.388. The number of fused-ring (bicyclic) bond motifs is 2. The minimum atomic E-state index is -4.70. The molecule has 1 aliphatic heterocycles. The first-order valence-corrected chi connectivity index (χ1v) is 12.2. The molecule has 3 aromatic rings. The molecule has 1 amide bonds. The predicted molar refractivity (Wildman–Crippen MR) is 127 cm³/mol. The lowest BCUT2D eigenvalue weighted by molar-refractivity contribution is -0.142. The summed E-state index contributed by atoms with van der Waals surface area (Å²) in [7, 11) is 2.93. The number of halogens is 3.